The Balaban J connectivity index is 2.23. The van der Waals surface area contributed by atoms with Gasteiger partial charge in [-0.25, -0.2) is 3.96 Å². The highest BCUT2D eigenvalue weighted by Crippen LogP contribution is 2.26. The van der Waals surface area contributed by atoms with E-state index < -0.39 is 0 Å². The van der Waals surface area contributed by atoms with Crippen LogP contribution >= 0.6 is 39.7 Å². The smallest absolute Gasteiger partial charge is 0.273 e. The molecule has 0 saturated carbocycles. The van der Waals surface area contributed by atoms with E-state index in [9.17, 15) is 4.79 Å². The van der Waals surface area contributed by atoms with Gasteiger partial charge in [-0.05, 0) is 46.3 Å². The van der Waals surface area contributed by atoms with Crippen LogP contribution in [0.2, 0.25) is 0 Å². The summed E-state index contributed by atoms with van der Waals surface area (Å²) in [5, 5.41) is 0.725. The maximum atomic E-state index is 12.4. The lowest BCUT2D eigenvalue weighted by atomic mass is 10.2. The summed E-state index contributed by atoms with van der Waals surface area (Å²) in [5.41, 5.74) is 7.14. The topological polar surface area (TPSA) is 48.0 Å². The maximum Gasteiger partial charge on any atom is 0.273 e. The van der Waals surface area contributed by atoms with Gasteiger partial charge in [-0.15, -0.1) is 0 Å². The lowest BCUT2D eigenvalue weighted by Crippen LogP contribution is -2.13. The van der Waals surface area contributed by atoms with Gasteiger partial charge in [0.15, 0.2) is 0 Å². The molecule has 0 saturated heterocycles. The Hall–Kier alpha value is -1.50. The number of nitrogens with two attached hydrogens (primary N) is 1. The van der Waals surface area contributed by atoms with Gasteiger partial charge in [-0.3, -0.25) is 4.79 Å². The molecule has 0 aliphatic heterocycles. The van der Waals surface area contributed by atoms with Gasteiger partial charge in [-0.1, -0.05) is 35.9 Å². The molecule has 1 aromatic heterocycles. The monoisotopic (exact) mass is 364 g/mol. The molecular formula is C14H9BrN2OS2. The second-order valence-corrected chi connectivity index (χ2v) is 6.50. The van der Waals surface area contributed by atoms with Crippen LogP contribution in [-0.4, -0.2) is 8.95 Å². The molecule has 0 fully saturated rings. The number of nitrogens with zero attached hydrogens (tertiary/aromatic N) is 1. The normalized spacial score (nSPS) is 10.8. The molecule has 100 valence electrons. The van der Waals surface area contributed by atoms with Crippen LogP contribution in [0.5, 0.6) is 0 Å². The summed E-state index contributed by atoms with van der Waals surface area (Å²) in [4.78, 5) is 12.7. The first-order chi connectivity index (χ1) is 9.58. The van der Waals surface area contributed by atoms with Crippen molar-refractivity contribution >= 4 is 54.8 Å². The van der Waals surface area contributed by atoms with Crippen LogP contribution in [0.25, 0.3) is 15.8 Å². The summed E-state index contributed by atoms with van der Waals surface area (Å²) in [6.07, 6.45) is 0. The SMILES string of the molecule is NC(=S)c1ccc(-n2sc3ccccc3c2=O)c(Br)c1. The van der Waals surface area contributed by atoms with Crippen LogP contribution in [0.3, 0.4) is 0 Å². The van der Waals surface area contributed by atoms with Crippen molar-refractivity contribution in [3.63, 3.8) is 0 Å². The second-order valence-electron chi connectivity index (χ2n) is 4.22. The summed E-state index contributed by atoms with van der Waals surface area (Å²) in [5.74, 6) is 0. The highest BCUT2D eigenvalue weighted by atomic mass is 79.9. The van der Waals surface area contributed by atoms with Crippen molar-refractivity contribution < 1.29 is 0 Å². The highest BCUT2D eigenvalue weighted by Gasteiger charge is 2.12. The molecule has 3 aromatic rings. The Kier molecular flexibility index (Phi) is 3.45. The Labute approximate surface area is 132 Å². The zero-order valence-corrected chi connectivity index (χ0v) is 13.4. The fourth-order valence-electron chi connectivity index (χ4n) is 1.96. The van der Waals surface area contributed by atoms with E-state index in [2.05, 4.69) is 15.9 Å². The van der Waals surface area contributed by atoms with Crippen molar-refractivity contribution in [3.05, 3.63) is 62.9 Å². The average Bonchev–Trinajstić information content (AvgIpc) is 2.76. The molecule has 1 heterocycles. The molecule has 6 heteroatoms. The number of benzene rings is 2. The van der Waals surface area contributed by atoms with Crippen molar-refractivity contribution in [2.24, 2.45) is 5.73 Å². The van der Waals surface area contributed by atoms with Crippen LogP contribution in [0.15, 0.2) is 51.7 Å². The number of fused-ring (bicyclic) bond motifs is 1. The molecule has 0 amide bonds. The molecule has 0 radical (unpaired) electrons. The number of aromatic nitrogens is 1. The minimum absolute atomic E-state index is 0.0191. The molecule has 0 atom stereocenters. The fourth-order valence-corrected chi connectivity index (χ4v) is 3.78. The molecule has 20 heavy (non-hydrogen) atoms. The van der Waals surface area contributed by atoms with E-state index in [1.165, 1.54) is 11.5 Å². The Morgan fingerprint density at radius 2 is 2.00 bits per heavy atom. The van der Waals surface area contributed by atoms with Crippen LogP contribution in [0.4, 0.5) is 0 Å². The molecule has 0 bridgehead atoms. The summed E-state index contributed by atoms with van der Waals surface area (Å²) < 4.78 is 3.41. The third-order valence-corrected chi connectivity index (χ3v) is 4.91. The molecule has 0 aliphatic rings. The molecule has 0 spiro atoms. The van der Waals surface area contributed by atoms with Crippen molar-refractivity contribution in [2.45, 2.75) is 0 Å². The number of thiocarbonyl (C=S) groups is 1. The average molecular weight is 365 g/mol. The molecule has 0 unspecified atom stereocenters. The fraction of sp³-hybridized carbons (Fsp3) is 0. The third kappa shape index (κ3) is 2.19. The lowest BCUT2D eigenvalue weighted by Gasteiger charge is -2.06. The van der Waals surface area contributed by atoms with Crippen molar-refractivity contribution in [2.75, 3.05) is 0 Å². The first-order valence-electron chi connectivity index (χ1n) is 5.79. The van der Waals surface area contributed by atoms with Gasteiger partial charge in [0.05, 0.1) is 15.8 Å². The van der Waals surface area contributed by atoms with Crippen molar-refractivity contribution in [1.29, 1.82) is 0 Å². The Bertz CT molecular complexity index is 882. The summed E-state index contributed by atoms with van der Waals surface area (Å²) in [7, 11) is 0. The van der Waals surface area contributed by atoms with Gasteiger partial charge in [0, 0.05) is 10.0 Å². The van der Waals surface area contributed by atoms with Gasteiger partial charge < -0.3 is 5.73 Å². The van der Waals surface area contributed by atoms with Crippen LogP contribution in [-0.2, 0) is 0 Å². The van der Waals surface area contributed by atoms with Crippen molar-refractivity contribution in [1.82, 2.24) is 3.96 Å². The van der Waals surface area contributed by atoms with E-state index in [1.54, 1.807) is 3.96 Å². The minimum atomic E-state index is -0.0191. The molecule has 0 aliphatic carbocycles. The number of halogens is 1. The van der Waals surface area contributed by atoms with E-state index in [-0.39, 0.29) is 5.56 Å². The van der Waals surface area contributed by atoms with E-state index in [0.29, 0.717) is 4.99 Å². The van der Waals surface area contributed by atoms with Gasteiger partial charge >= 0.3 is 0 Å². The number of hydrogen-bond donors (Lipinski definition) is 1. The lowest BCUT2D eigenvalue weighted by molar-refractivity contribution is 1.13. The molecule has 2 N–H and O–H groups in total. The van der Waals surface area contributed by atoms with Gasteiger partial charge in [0.2, 0.25) is 0 Å². The van der Waals surface area contributed by atoms with Crippen LogP contribution in [0, 0.1) is 0 Å². The Morgan fingerprint density at radius 1 is 1.25 bits per heavy atom. The summed E-state index contributed by atoms with van der Waals surface area (Å²) >= 11 is 9.84. The summed E-state index contributed by atoms with van der Waals surface area (Å²) in [6.45, 7) is 0. The number of rotatable bonds is 2. The van der Waals surface area contributed by atoms with E-state index in [4.69, 9.17) is 18.0 Å². The zero-order valence-electron chi connectivity index (χ0n) is 10.2. The minimum Gasteiger partial charge on any atom is -0.389 e. The first kappa shape index (κ1) is 13.5. The van der Waals surface area contributed by atoms with Gasteiger partial charge in [0.25, 0.3) is 5.56 Å². The predicted molar refractivity (Wildman–Crippen MR) is 91.0 cm³/mol. The zero-order chi connectivity index (χ0) is 14.3. The first-order valence-corrected chi connectivity index (χ1v) is 7.76. The largest absolute Gasteiger partial charge is 0.389 e. The standard InChI is InChI=1S/C14H9BrN2OS2/c15-10-7-8(13(16)19)5-6-11(10)17-14(18)9-3-1-2-4-12(9)20-17/h1-7H,(H2,16,19). The van der Waals surface area contributed by atoms with Crippen LogP contribution < -0.4 is 11.3 Å². The summed E-state index contributed by atoms with van der Waals surface area (Å²) in [6, 6.07) is 13.1. The maximum absolute atomic E-state index is 12.4. The Morgan fingerprint density at radius 3 is 2.65 bits per heavy atom. The van der Waals surface area contributed by atoms with Crippen LogP contribution in [0.1, 0.15) is 5.56 Å². The van der Waals surface area contributed by atoms with E-state index in [1.807, 2.05) is 42.5 Å². The molecular weight excluding hydrogens is 356 g/mol. The van der Waals surface area contributed by atoms with Gasteiger partial charge in [0.1, 0.15) is 4.99 Å². The quantitative estimate of drug-likeness (QED) is 0.708. The number of hydrogen-bond acceptors (Lipinski definition) is 3. The van der Waals surface area contributed by atoms with E-state index in [0.717, 1.165) is 25.8 Å². The van der Waals surface area contributed by atoms with Crippen molar-refractivity contribution in [3.8, 4) is 5.69 Å². The van der Waals surface area contributed by atoms with Gasteiger partial charge in [-0.2, -0.15) is 0 Å². The predicted octanol–water partition coefficient (Wildman–Crippen LogP) is 3.45. The van der Waals surface area contributed by atoms with E-state index >= 15 is 0 Å². The third-order valence-electron chi connectivity index (χ3n) is 2.94. The highest BCUT2D eigenvalue weighted by molar-refractivity contribution is 9.10. The molecule has 3 rings (SSSR count). The molecule has 2 aromatic carbocycles. The second kappa shape index (κ2) is 5.12. The molecule has 3 nitrogen and oxygen atoms in total.